The highest BCUT2D eigenvalue weighted by molar-refractivity contribution is 5.98. The van der Waals surface area contributed by atoms with Crippen LogP contribution in [0.5, 0.6) is 0 Å². The van der Waals surface area contributed by atoms with Crippen LogP contribution in [0.4, 0.5) is 0 Å². The molecule has 1 saturated heterocycles. The van der Waals surface area contributed by atoms with Gasteiger partial charge in [0.25, 0.3) is 11.8 Å². The minimum absolute atomic E-state index is 0.0910. The third-order valence-electron chi connectivity index (χ3n) is 7.20. The molecule has 4 aromatic rings. The maximum absolute atomic E-state index is 13.2. The Morgan fingerprint density at radius 1 is 1.24 bits per heavy atom. The molecule has 1 aliphatic heterocycles. The fraction of sp³-hybridized carbons (Fsp3) is 0.375. The number of aryl methyl sites for hydroxylation is 1. The van der Waals surface area contributed by atoms with E-state index in [-0.39, 0.29) is 17.2 Å². The first-order chi connectivity index (χ1) is 16.5. The normalized spacial score (nSPS) is 19.0. The van der Waals surface area contributed by atoms with Crippen LogP contribution in [0.1, 0.15) is 40.3 Å². The van der Waals surface area contributed by atoms with Gasteiger partial charge in [-0.25, -0.2) is 0 Å². The van der Waals surface area contributed by atoms with E-state index in [1.54, 1.807) is 48.6 Å². The second-order valence-corrected chi connectivity index (χ2v) is 9.23. The number of nitrogens with one attached hydrogen (secondary N) is 1. The van der Waals surface area contributed by atoms with Gasteiger partial charge in [-0.1, -0.05) is 5.16 Å². The molecule has 5 heterocycles. The molecule has 10 heteroatoms. The predicted octanol–water partition coefficient (Wildman–Crippen LogP) is 2.89. The third kappa shape index (κ3) is 3.55. The Bertz CT molecular complexity index is 1330. The van der Waals surface area contributed by atoms with Crippen LogP contribution in [0.25, 0.3) is 22.3 Å². The van der Waals surface area contributed by atoms with Crippen molar-refractivity contribution in [2.45, 2.75) is 19.3 Å². The first-order valence-electron chi connectivity index (χ1n) is 11.4. The fourth-order valence-corrected chi connectivity index (χ4v) is 5.12. The molecular weight excluding hydrogens is 436 g/mol. The fourth-order valence-electron chi connectivity index (χ4n) is 5.12. The van der Waals surface area contributed by atoms with Crippen molar-refractivity contribution in [3.05, 3.63) is 54.4 Å². The van der Waals surface area contributed by atoms with Crippen molar-refractivity contribution in [3.8, 4) is 11.3 Å². The molecule has 2 amide bonds. The number of carbonyl (C=O) groups is 2. The van der Waals surface area contributed by atoms with E-state index >= 15 is 0 Å². The summed E-state index contributed by atoms with van der Waals surface area (Å²) in [6.45, 7) is 1.95. The maximum Gasteiger partial charge on any atom is 0.287 e. The molecule has 1 atom stereocenters. The van der Waals surface area contributed by atoms with E-state index in [1.807, 2.05) is 11.0 Å². The minimum atomic E-state index is -0.207. The van der Waals surface area contributed by atoms with Crippen molar-refractivity contribution in [3.63, 3.8) is 0 Å². The van der Waals surface area contributed by atoms with Gasteiger partial charge in [0.15, 0.2) is 22.8 Å². The summed E-state index contributed by atoms with van der Waals surface area (Å²) in [7, 11) is 1.78. The lowest BCUT2D eigenvalue weighted by atomic mass is 9.90. The number of fused-ring (bicyclic) bond motifs is 1. The van der Waals surface area contributed by atoms with Crippen molar-refractivity contribution in [2.75, 3.05) is 19.6 Å². The van der Waals surface area contributed by atoms with E-state index in [2.05, 4.69) is 20.6 Å². The van der Waals surface area contributed by atoms with E-state index in [4.69, 9.17) is 8.94 Å². The van der Waals surface area contributed by atoms with Crippen LogP contribution >= 0.6 is 0 Å². The lowest BCUT2D eigenvalue weighted by Crippen LogP contribution is -2.40. The zero-order valence-electron chi connectivity index (χ0n) is 18.7. The van der Waals surface area contributed by atoms with E-state index in [0.29, 0.717) is 53.9 Å². The molecule has 0 radical (unpaired) electrons. The zero-order valence-corrected chi connectivity index (χ0v) is 18.7. The molecule has 4 aromatic heterocycles. The van der Waals surface area contributed by atoms with E-state index in [1.165, 1.54) is 0 Å². The number of amides is 2. The summed E-state index contributed by atoms with van der Waals surface area (Å²) >= 11 is 0. The molecule has 2 fully saturated rings. The van der Waals surface area contributed by atoms with Crippen LogP contribution in [-0.2, 0) is 7.05 Å². The Kier molecular flexibility index (Phi) is 4.75. The highest BCUT2D eigenvalue weighted by atomic mass is 16.5. The number of nitrogens with zero attached hydrogens (tertiary/aromatic N) is 5. The summed E-state index contributed by atoms with van der Waals surface area (Å²) in [6.07, 6.45) is 9.51. The van der Waals surface area contributed by atoms with Crippen LogP contribution in [-0.4, -0.2) is 56.3 Å². The van der Waals surface area contributed by atoms with Crippen molar-refractivity contribution >= 4 is 22.8 Å². The van der Waals surface area contributed by atoms with Gasteiger partial charge in [0.1, 0.15) is 0 Å². The van der Waals surface area contributed by atoms with Gasteiger partial charge in [0, 0.05) is 50.5 Å². The smallest absolute Gasteiger partial charge is 0.287 e. The Labute approximate surface area is 194 Å². The van der Waals surface area contributed by atoms with Crippen LogP contribution in [0, 0.1) is 11.3 Å². The first kappa shape index (κ1) is 20.6. The molecule has 1 N–H and O–H groups in total. The molecule has 1 spiro atoms. The van der Waals surface area contributed by atoms with Crippen molar-refractivity contribution in [1.82, 2.24) is 30.1 Å². The van der Waals surface area contributed by atoms with Crippen LogP contribution in [0.2, 0.25) is 0 Å². The van der Waals surface area contributed by atoms with Crippen LogP contribution < -0.4 is 5.32 Å². The Hall–Kier alpha value is -3.95. The summed E-state index contributed by atoms with van der Waals surface area (Å²) in [5.41, 5.74) is 1.83. The molecule has 2 aliphatic rings. The van der Waals surface area contributed by atoms with Gasteiger partial charge >= 0.3 is 0 Å². The Balaban J connectivity index is 1.05. The number of aromatic nitrogens is 4. The Morgan fingerprint density at radius 3 is 2.85 bits per heavy atom. The molecule has 1 saturated carbocycles. The molecule has 1 unspecified atom stereocenters. The second-order valence-electron chi connectivity index (χ2n) is 9.23. The number of furan rings is 1. The van der Waals surface area contributed by atoms with Crippen LogP contribution in [0.3, 0.4) is 0 Å². The molecule has 0 aromatic carbocycles. The number of hydrogen-bond donors (Lipinski definition) is 1. The maximum atomic E-state index is 13.2. The highest BCUT2D eigenvalue weighted by Gasteiger charge is 2.55. The predicted molar refractivity (Wildman–Crippen MR) is 121 cm³/mol. The largest absolute Gasteiger partial charge is 0.449 e. The minimum Gasteiger partial charge on any atom is -0.449 e. The zero-order chi connectivity index (χ0) is 23.3. The SMILES string of the molecule is Cn1cc(-c2ccno2)c(C(=O)N2CCC3(CC2)CC3CNC(=O)c2cc3ccncc3o2)n1. The average molecular weight is 460 g/mol. The van der Waals surface area contributed by atoms with Crippen LogP contribution in [0.15, 0.2) is 51.9 Å². The third-order valence-corrected chi connectivity index (χ3v) is 7.20. The highest BCUT2D eigenvalue weighted by Crippen LogP contribution is 2.59. The second kappa shape index (κ2) is 7.82. The van der Waals surface area contributed by atoms with Crippen molar-refractivity contribution in [2.24, 2.45) is 18.4 Å². The Morgan fingerprint density at radius 2 is 2.09 bits per heavy atom. The average Bonchev–Trinajstić information content (AvgIpc) is 3.32. The number of piperidine rings is 1. The van der Waals surface area contributed by atoms with Gasteiger partial charge in [-0.2, -0.15) is 5.10 Å². The van der Waals surface area contributed by atoms with Crippen molar-refractivity contribution < 1.29 is 18.5 Å². The number of rotatable bonds is 5. The molecule has 0 bridgehead atoms. The molecule has 6 rings (SSSR count). The molecule has 1 aliphatic carbocycles. The quantitative estimate of drug-likeness (QED) is 0.486. The lowest BCUT2D eigenvalue weighted by molar-refractivity contribution is 0.0662. The first-order valence-corrected chi connectivity index (χ1v) is 11.4. The van der Waals surface area contributed by atoms with Gasteiger partial charge in [-0.15, -0.1) is 0 Å². The standard InChI is InChI=1S/C24H24N6O4/c1-29-14-17(18-3-7-27-34-18)21(28-29)23(32)30-8-4-24(5-9-30)11-16(24)12-26-22(31)19-10-15-2-6-25-13-20(15)33-19/h2-3,6-7,10,13-14,16H,4-5,8-9,11-12H2,1H3,(H,26,31). The van der Waals surface area contributed by atoms with E-state index in [9.17, 15) is 9.59 Å². The van der Waals surface area contributed by atoms with Gasteiger partial charge in [0.2, 0.25) is 0 Å². The summed E-state index contributed by atoms with van der Waals surface area (Å²) < 4.78 is 12.5. The summed E-state index contributed by atoms with van der Waals surface area (Å²) in [5, 5.41) is 12.0. The summed E-state index contributed by atoms with van der Waals surface area (Å²) in [6, 6.07) is 5.29. The number of hydrogen-bond acceptors (Lipinski definition) is 7. The molecular formula is C24H24N6O4. The monoisotopic (exact) mass is 460 g/mol. The number of pyridine rings is 1. The molecule has 34 heavy (non-hydrogen) atoms. The van der Waals surface area contributed by atoms with E-state index < -0.39 is 0 Å². The molecule has 10 nitrogen and oxygen atoms in total. The van der Waals surface area contributed by atoms with Gasteiger partial charge in [-0.05, 0) is 42.7 Å². The molecule has 174 valence electrons. The van der Waals surface area contributed by atoms with Gasteiger partial charge in [-0.3, -0.25) is 19.3 Å². The summed E-state index contributed by atoms with van der Waals surface area (Å²) in [4.78, 5) is 31.6. The topological polar surface area (TPSA) is 119 Å². The number of carbonyl (C=O) groups excluding carboxylic acids is 2. The van der Waals surface area contributed by atoms with Gasteiger partial charge < -0.3 is 19.2 Å². The van der Waals surface area contributed by atoms with Crippen molar-refractivity contribution in [1.29, 1.82) is 0 Å². The number of likely N-dealkylation sites (tertiary alicyclic amines) is 1. The van der Waals surface area contributed by atoms with Gasteiger partial charge in [0.05, 0.1) is 18.0 Å². The lowest BCUT2D eigenvalue weighted by Gasteiger charge is -2.32. The summed E-state index contributed by atoms with van der Waals surface area (Å²) in [5.74, 6) is 0.951. The van der Waals surface area contributed by atoms with E-state index in [0.717, 1.165) is 24.6 Å².